The van der Waals surface area contributed by atoms with Gasteiger partial charge in [-0.05, 0) is 31.0 Å². The molecule has 1 aromatic carbocycles. The van der Waals surface area contributed by atoms with E-state index in [1.165, 1.54) is 0 Å². The van der Waals surface area contributed by atoms with E-state index in [0.29, 0.717) is 22.4 Å². The van der Waals surface area contributed by atoms with Gasteiger partial charge in [0.05, 0.1) is 5.02 Å². The highest BCUT2D eigenvalue weighted by Gasteiger charge is 2.21. The molecule has 1 saturated heterocycles. The molecule has 0 unspecified atom stereocenters. The fourth-order valence-corrected chi connectivity index (χ4v) is 2.76. The molecule has 0 saturated carbocycles. The number of amides is 1. The van der Waals surface area contributed by atoms with E-state index in [1.54, 1.807) is 18.2 Å². The van der Waals surface area contributed by atoms with Crippen LogP contribution in [0.3, 0.4) is 0 Å². The molecule has 21 heavy (non-hydrogen) atoms. The number of ether oxygens (including phenoxy) is 2. The van der Waals surface area contributed by atoms with Crippen LogP contribution in [-0.2, 0) is 4.74 Å². The summed E-state index contributed by atoms with van der Waals surface area (Å²) in [5.41, 5.74) is 5.01. The predicted molar refractivity (Wildman–Crippen MR) is 82.1 cm³/mol. The molecule has 2 N–H and O–H groups in total. The summed E-state index contributed by atoms with van der Waals surface area (Å²) in [5, 5.41) is 1.10. The number of nitrogens with zero attached hydrogens (tertiary/aromatic N) is 1. The number of halogens is 2. The van der Waals surface area contributed by atoms with Gasteiger partial charge in [0.1, 0.15) is 18.5 Å². The van der Waals surface area contributed by atoms with Crippen molar-refractivity contribution in [2.75, 3.05) is 26.2 Å². The molecular formula is C14H18Cl2N2O3. The number of hydrogen-bond acceptors (Lipinski definition) is 4. The third-order valence-electron chi connectivity index (χ3n) is 3.38. The summed E-state index contributed by atoms with van der Waals surface area (Å²) in [7, 11) is 0. The Labute approximate surface area is 133 Å². The summed E-state index contributed by atoms with van der Waals surface area (Å²) in [5.74, 6) is 0.632. The molecule has 0 spiro atoms. The summed E-state index contributed by atoms with van der Waals surface area (Å²) in [6, 6.07) is 5.16. The van der Waals surface area contributed by atoms with Crippen LogP contribution in [0, 0.1) is 0 Å². The first-order valence-corrected chi connectivity index (χ1v) is 7.56. The number of primary amides is 1. The van der Waals surface area contributed by atoms with Crippen LogP contribution in [0.2, 0.25) is 10.0 Å². The Morgan fingerprint density at radius 2 is 2.05 bits per heavy atom. The van der Waals surface area contributed by atoms with Crippen LogP contribution in [0.1, 0.15) is 12.8 Å². The van der Waals surface area contributed by atoms with Crippen LogP contribution in [0.5, 0.6) is 5.75 Å². The van der Waals surface area contributed by atoms with Crippen molar-refractivity contribution in [3.8, 4) is 5.75 Å². The highest BCUT2D eigenvalue weighted by atomic mass is 35.5. The highest BCUT2D eigenvalue weighted by Crippen LogP contribution is 2.27. The lowest BCUT2D eigenvalue weighted by molar-refractivity contribution is 0.0523. The van der Waals surface area contributed by atoms with Gasteiger partial charge in [-0.1, -0.05) is 23.2 Å². The smallest absolute Gasteiger partial charge is 0.404 e. The van der Waals surface area contributed by atoms with Crippen molar-refractivity contribution in [1.29, 1.82) is 0 Å². The van der Waals surface area contributed by atoms with Gasteiger partial charge in [0.15, 0.2) is 0 Å². The third kappa shape index (κ3) is 5.26. The molecule has 1 aliphatic heterocycles. The maximum Gasteiger partial charge on any atom is 0.404 e. The van der Waals surface area contributed by atoms with E-state index in [2.05, 4.69) is 4.90 Å². The molecule has 0 atom stereocenters. The minimum absolute atomic E-state index is 0.0645. The van der Waals surface area contributed by atoms with Crippen LogP contribution in [0.25, 0.3) is 0 Å². The van der Waals surface area contributed by atoms with Crippen molar-refractivity contribution >= 4 is 29.3 Å². The largest absolute Gasteiger partial charge is 0.491 e. The van der Waals surface area contributed by atoms with E-state index in [9.17, 15) is 4.79 Å². The summed E-state index contributed by atoms with van der Waals surface area (Å²) >= 11 is 11.9. The lowest BCUT2D eigenvalue weighted by atomic mass is 10.1. The first-order valence-electron chi connectivity index (χ1n) is 6.81. The topological polar surface area (TPSA) is 64.8 Å². The molecule has 1 amide bonds. The van der Waals surface area contributed by atoms with Gasteiger partial charge >= 0.3 is 6.09 Å². The fourth-order valence-electron chi connectivity index (χ4n) is 2.29. The van der Waals surface area contributed by atoms with Crippen molar-refractivity contribution in [2.24, 2.45) is 5.73 Å². The van der Waals surface area contributed by atoms with Crippen molar-refractivity contribution in [2.45, 2.75) is 18.9 Å². The second kappa shape index (κ2) is 7.73. The average molecular weight is 333 g/mol. The number of benzene rings is 1. The molecule has 1 fully saturated rings. The number of nitrogens with two attached hydrogens (primary N) is 1. The minimum atomic E-state index is -0.700. The van der Waals surface area contributed by atoms with E-state index < -0.39 is 6.09 Å². The molecule has 1 aliphatic rings. The molecule has 5 nitrogen and oxygen atoms in total. The number of hydrogen-bond donors (Lipinski definition) is 1. The van der Waals surface area contributed by atoms with Crippen molar-refractivity contribution in [3.63, 3.8) is 0 Å². The van der Waals surface area contributed by atoms with Crippen LogP contribution in [-0.4, -0.2) is 43.3 Å². The standard InChI is InChI=1S/C14H18Cl2N2O3/c15-10-1-2-13(12(16)9-10)20-8-7-18-5-3-11(4-6-18)21-14(17)19/h1-2,9,11H,3-8H2,(H2,17,19). The average Bonchev–Trinajstić information content (AvgIpc) is 2.42. The van der Waals surface area contributed by atoms with Gasteiger partial charge in [0, 0.05) is 24.7 Å². The quantitative estimate of drug-likeness (QED) is 0.900. The van der Waals surface area contributed by atoms with Gasteiger partial charge in [-0.3, -0.25) is 4.90 Å². The molecule has 7 heteroatoms. The Kier molecular flexibility index (Phi) is 5.96. The number of carbonyl (C=O) groups excluding carboxylic acids is 1. The van der Waals surface area contributed by atoms with Gasteiger partial charge in [-0.25, -0.2) is 4.79 Å². The van der Waals surface area contributed by atoms with E-state index in [0.717, 1.165) is 32.5 Å². The molecular weight excluding hydrogens is 315 g/mol. The van der Waals surface area contributed by atoms with Crippen molar-refractivity contribution < 1.29 is 14.3 Å². The van der Waals surface area contributed by atoms with Gasteiger partial charge in [0.2, 0.25) is 0 Å². The van der Waals surface area contributed by atoms with Gasteiger partial charge in [-0.15, -0.1) is 0 Å². The molecule has 0 aliphatic carbocycles. The van der Waals surface area contributed by atoms with E-state index in [-0.39, 0.29) is 6.10 Å². The van der Waals surface area contributed by atoms with E-state index in [4.69, 9.17) is 38.4 Å². The second-order valence-electron chi connectivity index (χ2n) is 4.90. The Hall–Kier alpha value is -1.17. The molecule has 116 valence electrons. The van der Waals surface area contributed by atoms with Crippen LogP contribution in [0.15, 0.2) is 18.2 Å². The SMILES string of the molecule is NC(=O)OC1CCN(CCOc2ccc(Cl)cc2Cl)CC1. The summed E-state index contributed by atoms with van der Waals surface area (Å²) < 4.78 is 10.6. The number of likely N-dealkylation sites (tertiary alicyclic amines) is 1. The summed E-state index contributed by atoms with van der Waals surface area (Å²) in [4.78, 5) is 12.9. The van der Waals surface area contributed by atoms with Gasteiger partial charge in [0.25, 0.3) is 0 Å². The van der Waals surface area contributed by atoms with Crippen molar-refractivity contribution in [1.82, 2.24) is 4.90 Å². The van der Waals surface area contributed by atoms with Gasteiger partial charge < -0.3 is 15.2 Å². The second-order valence-corrected chi connectivity index (χ2v) is 5.74. The minimum Gasteiger partial charge on any atom is -0.491 e. The normalized spacial score (nSPS) is 16.7. The monoisotopic (exact) mass is 332 g/mol. The molecule has 1 heterocycles. The molecule has 0 aromatic heterocycles. The third-order valence-corrected chi connectivity index (χ3v) is 3.91. The maximum absolute atomic E-state index is 10.7. The number of carbonyl (C=O) groups is 1. The summed E-state index contributed by atoms with van der Waals surface area (Å²) in [6.45, 7) is 3.05. The molecule has 0 radical (unpaired) electrons. The van der Waals surface area contributed by atoms with Crippen molar-refractivity contribution in [3.05, 3.63) is 28.2 Å². The maximum atomic E-state index is 10.7. The fraction of sp³-hybridized carbons (Fsp3) is 0.500. The Morgan fingerprint density at radius 1 is 1.33 bits per heavy atom. The zero-order valence-electron chi connectivity index (χ0n) is 11.6. The van der Waals surface area contributed by atoms with Gasteiger partial charge in [-0.2, -0.15) is 0 Å². The van der Waals surface area contributed by atoms with Crippen LogP contribution >= 0.6 is 23.2 Å². The lowest BCUT2D eigenvalue weighted by Gasteiger charge is -2.31. The number of rotatable bonds is 5. The molecule has 0 bridgehead atoms. The first kappa shape index (κ1) is 16.2. The zero-order valence-corrected chi connectivity index (χ0v) is 13.1. The molecule has 1 aromatic rings. The van der Waals surface area contributed by atoms with E-state index >= 15 is 0 Å². The molecule has 2 rings (SSSR count). The highest BCUT2D eigenvalue weighted by molar-refractivity contribution is 6.35. The first-order chi connectivity index (χ1) is 10.0. The summed E-state index contributed by atoms with van der Waals surface area (Å²) in [6.07, 6.45) is 0.828. The lowest BCUT2D eigenvalue weighted by Crippen LogP contribution is -2.40. The number of piperidine rings is 1. The van der Waals surface area contributed by atoms with E-state index in [1.807, 2.05) is 0 Å². The van der Waals surface area contributed by atoms with Crippen LogP contribution in [0.4, 0.5) is 4.79 Å². The zero-order chi connectivity index (χ0) is 15.2. The van der Waals surface area contributed by atoms with Crippen LogP contribution < -0.4 is 10.5 Å². The predicted octanol–water partition coefficient (Wildman–Crippen LogP) is 2.93. The Balaban J connectivity index is 1.69. The Morgan fingerprint density at radius 3 is 2.67 bits per heavy atom. The Bertz CT molecular complexity index is 491.